The van der Waals surface area contributed by atoms with Crippen LogP contribution in [-0.4, -0.2) is 46.9 Å². The van der Waals surface area contributed by atoms with E-state index in [1.54, 1.807) is 21.3 Å². The van der Waals surface area contributed by atoms with Crippen LogP contribution in [-0.2, 0) is 16.1 Å². The van der Waals surface area contributed by atoms with Crippen molar-refractivity contribution >= 4 is 18.3 Å². The van der Waals surface area contributed by atoms with Crippen molar-refractivity contribution in [2.45, 2.75) is 6.54 Å². The summed E-state index contributed by atoms with van der Waals surface area (Å²) in [5.74, 6) is 1.37. The maximum absolute atomic E-state index is 11.6. The van der Waals surface area contributed by atoms with Gasteiger partial charge in [0.25, 0.3) is 0 Å². The minimum absolute atomic E-state index is 0. The van der Waals surface area contributed by atoms with Crippen molar-refractivity contribution < 1.29 is 19.0 Å². The lowest BCUT2D eigenvalue weighted by atomic mass is 10.2. The van der Waals surface area contributed by atoms with Crippen molar-refractivity contribution in [1.82, 2.24) is 10.6 Å². The lowest BCUT2D eigenvalue weighted by molar-refractivity contribution is -0.120. The third-order valence-electron chi connectivity index (χ3n) is 2.73. The van der Waals surface area contributed by atoms with Gasteiger partial charge in [0.2, 0.25) is 5.91 Å². The van der Waals surface area contributed by atoms with Crippen LogP contribution in [0.5, 0.6) is 11.5 Å². The molecule has 0 aliphatic rings. The zero-order valence-electron chi connectivity index (χ0n) is 12.6. The largest absolute Gasteiger partial charge is 0.497 e. The van der Waals surface area contributed by atoms with Gasteiger partial charge in [0.05, 0.1) is 27.4 Å². The monoisotopic (exact) mass is 318 g/mol. The van der Waals surface area contributed by atoms with Gasteiger partial charge in [-0.2, -0.15) is 0 Å². The van der Waals surface area contributed by atoms with E-state index >= 15 is 0 Å². The van der Waals surface area contributed by atoms with Crippen molar-refractivity contribution in [2.75, 3.05) is 41.0 Å². The van der Waals surface area contributed by atoms with E-state index in [1.165, 1.54) is 0 Å². The highest BCUT2D eigenvalue weighted by Gasteiger charge is 2.07. The van der Waals surface area contributed by atoms with Gasteiger partial charge in [0.1, 0.15) is 11.5 Å². The van der Waals surface area contributed by atoms with E-state index in [2.05, 4.69) is 10.6 Å². The SMILES string of the molecule is COCCNCC(=O)NCc1cc(OC)ccc1OC.Cl. The number of halogens is 1. The molecule has 1 aromatic carbocycles. The standard InChI is InChI=1S/C14H22N2O4.ClH/c1-18-7-6-15-10-14(17)16-9-11-8-12(19-2)4-5-13(11)20-3;/h4-5,8,15H,6-7,9-10H2,1-3H3,(H,16,17);1H. The Hall–Kier alpha value is -1.50. The minimum Gasteiger partial charge on any atom is -0.497 e. The number of ether oxygens (including phenoxy) is 3. The van der Waals surface area contributed by atoms with Gasteiger partial charge < -0.3 is 24.8 Å². The van der Waals surface area contributed by atoms with Crippen LogP contribution in [0.2, 0.25) is 0 Å². The molecule has 0 saturated carbocycles. The predicted molar refractivity (Wildman–Crippen MR) is 83.4 cm³/mol. The summed E-state index contributed by atoms with van der Waals surface area (Å²) in [7, 11) is 4.82. The van der Waals surface area contributed by atoms with Gasteiger partial charge in [0.15, 0.2) is 0 Å². The number of carbonyl (C=O) groups excluding carboxylic acids is 1. The number of methoxy groups -OCH3 is 3. The second kappa shape index (κ2) is 11.2. The van der Waals surface area contributed by atoms with E-state index in [9.17, 15) is 4.79 Å². The fraction of sp³-hybridized carbons (Fsp3) is 0.500. The Bertz CT molecular complexity index is 429. The summed E-state index contributed by atoms with van der Waals surface area (Å²) in [5, 5.41) is 5.80. The van der Waals surface area contributed by atoms with E-state index < -0.39 is 0 Å². The molecule has 6 nitrogen and oxygen atoms in total. The Morgan fingerprint density at radius 3 is 2.57 bits per heavy atom. The first-order chi connectivity index (χ1) is 9.71. The van der Waals surface area contributed by atoms with Crippen LogP contribution in [0, 0.1) is 0 Å². The van der Waals surface area contributed by atoms with Crippen LogP contribution in [0.25, 0.3) is 0 Å². The topological polar surface area (TPSA) is 68.8 Å². The molecule has 0 aliphatic carbocycles. The molecule has 120 valence electrons. The molecule has 0 saturated heterocycles. The van der Waals surface area contributed by atoms with Gasteiger partial charge in [-0.15, -0.1) is 12.4 Å². The fourth-order valence-electron chi connectivity index (χ4n) is 1.65. The molecule has 0 heterocycles. The Morgan fingerprint density at radius 2 is 1.95 bits per heavy atom. The quantitative estimate of drug-likeness (QED) is 0.664. The minimum atomic E-state index is -0.0778. The highest BCUT2D eigenvalue weighted by atomic mass is 35.5. The van der Waals surface area contributed by atoms with Gasteiger partial charge in [-0.05, 0) is 18.2 Å². The normalized spacial score (nSPS) is 9.67. The lowest BCUT2D eigenvalue weighted by Gasteiger charge is -2.11. The van der Waals surface area contributed by atoms with Crippen LogP contribution in [0.15, 0.2) is 18.2 Å². The molecule has 0 unspecified atom stereocenters. The van der Waals surface area contributed by atoms with Crippen molar-refractivity contribution in [2.24, 2.45) is 0 Å². The second-order valence-electron chi connectivity index (χ2n) is 4.12. The average molecular weight is 319 g/mol. The zero-order chi connectivity index (χ0) is 14.8. The zero-order valence-corrected chi connectivity index (χ0v) is 13.4. The summed E-state index contributed by atoms with van der Waals surface area (Å²) in [6.45, 7) is 1.88. The van der Waals surface area contributed by atoms with E-state index in [4.69, 9.17) is 14.2 Å². The number of hydrogen-bond donors (Lipinski definition) is 2. The first-order valence-electron chi connectivity index (χ1n) is 6.38. The molecule has 2 N–H and O–H groups in total. The molecule has 7 heteroatoms. The van der Waals surface area contributed by atoms with Gasteiger partial charge in [-0.3, -0.25) is 4.79 Å². The molecule has 0 aliphatic heterocycles. The first-order valence-corrected chi connectivity index (χ1v) is 6.38. The third-order valence-corrected chi connectivity index (χ3v) is 2.73. The molecule has 0 bridgehead atoms. The predicted octanol–water partition coefficient (Wildman–Crippen LogP) is 0.978. The van der Waals surface area contributed by atoms with Gasteiger partial charge in [-0.25, -0.2) is 0 Å². The molecular weight excluding hydrogens is 296 g/mol. The molecule has 1 rings (SSSR count). The summed E-state index contributed by atoms with van der Waals surface area (Å²) in [5.41, 5.74) is 0.872. The maximum atomic E-state index is 11.6. The van der Waals surface area contributed by atoms with Gasteiger partial charge in [-0.1, -0.05) is 0 Å². The van der Waals surface area contributed by atoms with E-state index in [0.29, 0.717) is 19.7 Å². The molecule has 0 radical (unpaired) electrons. The van der Waals surface area contributed by atoms with Crippen LogP contribution in [0.1, 0.15) is 5.56 Å². The van der Waals surface area contributed by atoms with Crippen molar-refractivity contribution in [1.29, 1.82) is 0 Å². The second-order valence-corrected chi connectivity index (χ2v) is 4.12. The van der Waals surface area contributed by atoms with Crippen molar-refractivity contribution in [3.8, 4) is 11.5 Å². The van der Waals surface area contributed by atoms with Crippen molar-refractivity contribution in [3.63, 3.8) is 0 Å². The summed E-state index contributed by atoms with van der Waals surface area (Å²) >= 11 is 0. The average Bonchev–Trinajstić information content (AvgIpc) is 2.49. The molecular formula is C14H23ClN2O4. The Kier molecular flexibility index (Phi) is 10.4. The highest BCUT2D eigenvalue weighted by molar-refractivity contribution is 5.85. The molecule has 1 aromatic rings. The summed E-state index contributed by atoms with van der Waals surface area (Å²) < 4.78 is 15.3. The van der Waals surface area contributed by atoms with Crippen molar-refractivity contribution in [3.05, 3.63) is 23.8 Å². The first kappa shape index (κ1) is 19.5. The van der Waals surface area contributed by atoms with Gasteiger partial charge in [0, 0.05) is 25.8 Å². The van der Waals surface area contributed by atoms with E-state index in [0.717, 1.165) is 17.1 Å². The molecule has 0 fully saturated rings. The summed E-state index contributed by atoms with van der Waals surface area (Å²) in [6.07, 6.45) is 0. The van der Waals surface area contributed by atoms with Crippen LogP contribution >= 0.6 is 12.4 Å². The number of hydrogen-bond acceptors (Lipinski definition) is 5. The van der Waals surface area contributed by atoms with Crippen LogP contribution < -0.4 is 20.1 Å². The van der Waals surface area contributed by atoms with E-state index in [-0.39, 0.29) is 24.9 Å². The molecule has 0 aromatic heterocycles. The maximum Gasteiger partial charge on any atom is 0.234 e. The smallest absolute Gasteiger partial charge is 0.234 e. The molecule has 1 amide bonds. The Morgan fingerprint density at radius 1 is 1.19 bits per heavy atom. The number of amides is 1. The van der Waals surface area contributed by atoms with Crippen LogP contribution in [0.4, 0.5) is 0 Å². The van der Waals surface area contributed by atoms with Crippen LogP contribution in [0.3, 0.4) is 0 Å². The fourth-order valence-corrected chi connectivity index (χ4v) is 1.65. The number of nitrogens with one attached hydrogen (secondary N) is 2. The third kappa shape index (κ3) is 7.17. The van der Waals surface area contributed by atoms with E-state index in [1.807, 2.05) is 18.2 Å². The lowest BCUT2D eigenvalue weighted by Crippen LogP contribution is -2.34. The summed E-state index contributed by atoms with van der Waals surface area (Å²) in [6, 6.07) is 5.48. The Labute approximate surface area is 131 Å². The number of benzene rings is 1. The number of rotatable bonds is 9. The highest BCUT2D eigenvalue weighted by Crippen LogP contribution is 2.23. The molecule has 21 heavy (non-hydrogen) atoms. The Balaban J connectivity index is 0.00000400. The van der Waals surface area contributed by atoms with Gasteiger partial charge >= 0.3 is 0 Å². The molecule has 0 atom stereocenters. The molecule has 0 spiro atoms. The number of carbonyl (C=O) groups is 1. The summed E-state index contributed by atoms with van der Waals surface area (Å²) in [4.78, 5) is 11.6.